The van der Waals surface area contributed by atoms with E-state index in [0.29, 0.717) is 16.3 Å². The molecule has 1 aromatic heterocycles. The first-order chi connectivity index (χ1) is 13.7. The average molecular weight is 366 g/mol. The normalized spacial score (nSPS) is 11.6. The quantitative estimate of drug-likeness (QED) is 0.387. The Morgan fingerprint density at radius 2 is 1.46 bits per heavy atom. The number of aliphatic imine (C=N–C) groups is 1. The number of hydrogen-bond acceptors (Lipinski definition) is 3. The lowest BCUT2D eigenvalue weighted by molar-refractivity contribution is 0.452. The smallest absolute Gasteiger partial charge is 0.258 e. The highest BCUT2D eigenvalue weighted by atomic mass is 16.3. The maximum Gasteiger partial charge on any atom is 0.258 e. The molecule has 0 saturated carbocycles. The van der Waals surface area contributed by atoms with Gasteiger partial charge in [0.25, 0.3) is 5.56 Å². The summed E-state index contributed by atoms with van der Waals surface area (Å²) in [6.07, 6.45) is 5.56. The summed E-state index contributed by atoms with van der Waals surface area (Å²) in [7, 11) is 0. The third-order valence-corrected chi connectivity index (χ3v) is 4.43. The Morgan fingerprint density at radius 3 is 2.21 bits per heavy atom. The van der Waals surface area contributed by atoms with Crippen LogP contribution in [0.4, 0.5) is 5.69 Å². The summed E-state index contributed by atoms with van der Waals surface area (Å²) in [6.45, 7) is 0. The van der Waals surface area contributed by atoms with E-state index in [1.165, 1.54) is 0 Å². The lowest BCUT2D eigenvalue weighted by Crippen LogP contribution is -2.08. The van der Waals surface area contributed by atoms with Crippen molar-refractivity contribution in [3.05, 3.63) is 106 Å². The number of hydrogen-bond donors (Lipinski definition) is 2. The maximum atomic E-state index is 12.2. The monoisotopic (exact) mass is 366 g/mol. The van der Waals surface area contributed by atoms with Crippen molar-refractivity contribution in [2.75, 3.05) is 0 Å². The first kappa shape index (κ1) is 17.5. The summed E-state index contributed by atoms with van der Waals surface area (Å²) < 4.78 is 0. The number of aromatic amines is 1. The highest BCUT2D eigenvalue weighted by Crippen LogP contribution is 2.24. The van der Waals surface area contributed by atoms with E-state index in [9.17, 15) is 9.90 Å². The van der Waals surface area contributed by atoms with Crippen molar-refractivity contribution in [1.82, 2.24) is 4.98 Å². The van der Waals surface area contributed by atoms with Crippen LogP contribution in [0.1, 0.15) is 16.7 Å². The van der Waals surface area contributed by atoms with Crippen LogP contribution in [0.3, 0.4) is 0 Å². The van der Waals surface area contributed by atoms with Crippen LogP contribution >= 0.6 is 0 Å². The minimum atomic E-state index is -0.331. The molecule has 0 fully saturated rings. The Kier molecular flexibility index (Phi) is 4.85. The number of aromatic nitrogens is 1. The zero-order valence-electron chi connectivity index (χ0n) is 15.0. The molecule has 0 atom stereocenters. The van der Waals surface area contributed by atoms with E-state index < -0.39 is 0 Å². The number of rotatable bonds is 4. The zero-order chi connectivity index (χ0) is 19.3. The fraction of sp³-hybridized carbons (Fsp3) is 0. The number of nitrogens with one attached hydrogen (secondary N) is 1. The fourth-order valence-corrected chi connectivity index (χ4v) is 3.00. The van der Waals surface area contributed by atoms with Gasteiger partial charge >= 0.3 is 0 Å². The zero-order valence-corrected chi connectivity index (χ0v) is 15.0. The van der Waals surface area contributed by atoms with Crippen molar-refractivity contribution in [2.24, 2.45) is 4.99 Å². The summed E-state index contributed by atoms with van der Waals surface area (Å²) in [5.41, 5.74) is 2.93. The molecule has 136 valence electrons. The molecule has 0 unspecified atom stereocenters. The molecule has 4 rings (SSSR count). The van der Waals surface area contributed by atoms with Crippen molar-refractivity contribution >= 4 is 34.8 Å². The van der Waals surface area contributed by atoms with Gasteiger partial charge in [-0.2, -0.15) is 0 Å². The molecule has 0 spiro atoms. The van der Waals surface area contributed by atoms with E-state index >= 15 is 0 Å². The van der Waals surface area contributed by atoms with Gasteiger partial charge in [-0.15, -0.1) is 0 Å². The predicted molar refractivity (Wildman–Crippen MR) is 115 cm³/mol. The van der Waals surface area contributed by atoms with Crippen LogP contribution < -0.4 is 5.56 Å². The summed E-state index contributed by atoms with van der Waals surface area (Å²) in [5, 5.41) is 11.5. The molecule has 2 N–H and O–H groups in total. The largest absolute Gasteiger partial charge is 0.494 e. The van der Waals surface area contributed by atoms with Crippen molar-refractivity contribution in [1.29, 1.82) is 0 Å². The van der Waals surface area contributed by atoms with Gasteiger partial charge in [0.05, 0.1) is 11.3 Å². The van der Waals surface area contributed by atoms with Gasteiger partial charge in [0, 0.05) is 17.0 Å². The Bertz CT molecular complexity index is 1220. The molecule has 0 amide bonds. The maximum absolute atomic E-state index is 12.2. The van der Waals surface area contributed by atoms with Gasteiger partial charge in [-0.25, -0.2) is 0 Å². The molecular formula is C24H18N2O2. The average Bonchev–Trinajstić information content (AvgIpc) is 2.73. The van der Waals surface area contributed by atoms with Crippen LogP contribution in [-0.4, -0.2) is 16.3 Å². The second-order valence-electron chi connectivity index (χ2n) is 6.36. The van der Waals surface area contributed by atoms with E-state index in [-0.39, 0.29) is 11.4 Å². The molecule has 4 heteroatoms. The SMILES string of the molecule is O=c1[nH]c(O)c(C=Nc2ccccc2)c2cc(C=Cc3ccccc3)ccc12. The fourth-order valence-electron chi connectivity index (χ4n) is 3.00. The van der Waals surface area contributed by atoms with Gasteiger partial charge in [-0.1, -0.05) is 66.7 Å². The number of para-hydroxylation sites is 1. The van der Waals surface area contributed by atoms with Crippen LogP contribution in [-0.2, 0) is 0 Å². The summed E-state index contributed by atoms with van der Waals surface area (Å²) >= 11 is 0. The molecule has 0 aliphatic carbocycles. The first-order valence-electron chi connectivity index (χ1n) is 8.92. The Labute approximate surface area is 162 Å². The number of benzene rings is 3. The molecule has 28 heavy (non-hydrogen) atoms. The lowest BCUT2D eigenvalue weighted by atomic mass is 10.0. The molecule has 0 radical (unpaired) electrons. The molecule has 0 bridgehead atoms. The highest BCUT2D eigenvalue weighted by molar-refractivity contribution is 6.02. The van der Waals surface area contributed by atoms with Crippen molar-refractivity contribution < 1.29 is 5.11 Å². The van der Waals surface area contributed by atoms with E-state index in [1.807, 2.05) is 84.9 Å². The number of pyridine rings is 1. The summed E-state index contributed by atoms with van der Waals surface area (Å²) in [6, 6.07) is 24.9. The van der Waals surface area contributed by atoms with Crippen LogP contribution in [0, 0.1) is 0 Å². The van der Waals surface area contributed by atoms with Gasteiger partial charge < -0.3 is 5.11 Å². The van der Waals surface area contributed by atoms with E-state index in [0.717, 1.165) is 16.8 Å². The molecule has 1 heterocycles. The Morgan fingerprint density at radius 1 is 0.786 bits per heavy atom. The third kappa shape index (κ3) is 3.76. The molecular weight excluding hydrogens is 348 g/mol. The van der Waals surface area contributed by atoms with Gasteiger partial charge in [0.2, 0.25) is 5.88 Å². The van der Waals surface area contributed by atoms with Crippen molar-refractivity contribution in [3.63, 3.8) is 0 Å². The summed E-state index contributed by atoms with van der Waals surface area (Å²) in [5.74, 6) is -0.193. The number of nitrogens with zero attached hydrogens (tertiary/aromatic N) is 1. The molecule has 3 aromatic carbocycles. The first-order valence-corrected chi connectivity index (χ1v) is 8.92. The Hall–Kier alpha value is -3.92. The lowest BCUT2D eigenvalue weighted by Gasteiger charge is -2.06. The second kappa shape index (κ2) is 7.76. The molecule has 4 aromatic rings. The molecule has 0 aliphatic rings. The van der Waals surface area contributed by atoms with Gasteiger partial charge in [-0.3, -0.25) is 14.8 Å². The van der Waals surface area contributed by atoms with E-state index in [4.69, 9.17) is 0 Å². The standard InChI is InChI=1S/C24H18N2O2/c27-23-20-14-13-18(12-11-17-7-3-1-4-8-17)15-21(20)22(24(28)26-23)16-25-19-9-5-2-6-10-19/h1-16H,(H2,26,27,28). The molecule has 0 saturated heterocycles. The van der Waals surface area contributed by atoms with Crippen molar-refractivity contribution in [3.8, 4) is 5.88 Å². The van der Waals surface area contributed by atoms with Crippen LogP contribution in [0.5, 0.6) is 5.88 Å². The number of aromatic hydroxyl groups is 1. The topological polar surface area (TPSA) is 65.5 Å². The van der Waals surface area contributed by atoms with Crippen molar-refractivity contribution in [2.45, 2.75) is 0 Å². The number of fused-ring (bicyclic) bond motifs is 1. The molecule has 4 nitrogen and oxygen atoms in total. The number of H-pyrrole nitrogens is 1. The van der Waals surface area contributed by atoms with E-state index in [2.05, 4.69) is 9.98 Å². The predicted octanol–water partition coefficient (Wildman–Crippen LogP) is 5.15. The highest BCUT2D eigenvalue weighted by Gasteiger charge is 2.09. The minimum absolute atomic E-state index is 0.193. The Balaban J connectivity index is 1.79. The van der Waals surface area contributed by atoms with Crippen LogP contribution in [0.25, 0.3) is 22.9 Å². The van der Waals surface area contributed by atoms with Gasteiger partial charge in [0.1, 0.15) is 0 Å². The summed E-state index contributed by atoms with van der Waals surface area (Å²) in [4.78, 5) is 19.1. The third-order valence-electron chi connectivity index (χ3n) is 4.43. The van der Waals surface area contributed by atoms with Gasteiger partial charge in [-0.05, 0) is 35.4 Å². The van der Waals surface area contributed by atoms with Gasteiger partial charge in [0.15, 0.2) is 0 Å². The minimum Gasteiger partial charge on any atom is -0.494 e. The van der Waals surface area contributed by atoms with Crippen LogP contribution in [0.15, 0.2) is 88.6 Å². The van der Waals surface area contributed by atoms with E-state index in [1.54, 1.807) is 12.3 Å². The second-order valence-corrected chi connectivity index (χ2v) is 6.36. The van der Waals surface area contributed by atoms with Crippen LogP contribution in [0.2, 0.25) is 0 Å². The molecule has 0 aliphatic heterocycles.